The van der Waals surface area contributed by atoms with E-state index >= 15 is 0 Å². The van der Waals surface area contributed by atoms with Crippen LogP contribution < -0.4 is 23.8 Å². The van der Waals surface area contributed by atoms with Gasteiger partial charge in [0, 0.05) is 11.8 Å². The summed E-state index contributed by atoms with van der Waals surface area (Å²) in [5, 5.41) is 2.95. The van der Waals surface area contributed by atoms with Gasteiger partial charge in [-0.3, -0.25) is 9.10 Å². The fourth-order valence-corrected chi connectivity index (χ4v) is 4.39. The van der Waals surface area contributed by atoms with Crippen LogP contribution >= 0.6 is 11.6 Å². The largest absolute Gasteiger partial charge is 0.495 e. The van der Waals surface area contributed by atoms with E-state index in [1.165, 1.54) is 26.2 Å². The van der Waals surface area contributed by atoms with Gasteiger partial charge in [-0.2, -0.15) is 0 Å². The third-order valence-electron chi connectivity index (χ3n) is 4.29. The summed E-state index contributed by atoms with van der Waals surface area (Å²) in [6.45, 7) is 2.37. The number of amides is 1. The highest BCUT2D eigenvalue weighted by molar-refractivity contribution is 7.92. The fourth-order valence-electron chi connectivity index (χ4n) is 2.97. The number of ether oxygens (including phenoxy) is 3. The molecule has 10 heteroatoms. The van der Waals surface area contributed by atoms with Crippen LogP contribution in [0.3, 0.4) is 0 Å². The summed E-state index contributed by atoms with van der Waals surface area (Å²) in [6, 6.07) is 8.45. The first kappa shape index (κ1) is 21.1. The Labute approximate surface area is 174 Å². The number of hydrogen-bond donors (Lipinski definition) is 1. The molecule has 0 saturated heterocycles. The van der Waals surface area contributed by atoms with Crippen LogP contribution in [0.4, 0.5) is 11.4 Å². The molecule has 2 aromatic rings. The number of nitrogens with one attached hydrogen (secondary N) is 1. The van der Waals surface area contributed by atoms with Crippen LogP contribution in [0.25, 0.3) is 0 Å². The Morgan fingerprint density at radius 3 is 2.48 bits per heavy atom. The molecule has 0 radical (unpaired) electrons. The van der Waals surface area contributed by atoms with Crippen molar-refractivity contribution in [3.63, 3.8) is 0 Å². The van der Waals surface area contributed by atoms with Gasteiger partial charge in [0.15, 0.2) is 11.5 Å². The second-order valence-corrected chi connectivity index (χ2v) is 8.67. The summed E-state index contributed by atoms with van der Waals surface area (Å²) in [7, 11) is -2.32. The van der Waals surface area contributed by atoms with E-state index in [2.05, 4.69) is 5.32 Å². The summed E-state index contributed by atoms with van der Waals surface area (Å²) in [5.41, 5.74) is 0.718. The van der Waals surface area contributed by atoms with Crippen molar-refractivity contribution in [2.45, 2.75) is 13.0 Å². The number of nitrogens with zero attached hydrogens (tertiary/aromatic N) is 1. The molecule has 0 fully saturated rings. The lowest BCUT2D eigenvalue weighted by Gasteiger charge is -2.28. The maximum atomic E-state index is 12.8. The lowest BCUT2D eigenvalue weighted by Crippen LogP contribution is -2.45. The Balaban J connectivity index is 1.85. The van der Waals surface area contributed by atoms with Crippen molar-refractivity contribution >= 4 is 38.9 Å². The van der Waals surface area contributed by atoms with Crippen LogP contribution in [0.1, 0.15) is 6.92 Å². The minimum atomic E-state index is -3.78. The van der Waals surface area contributed by atoms with Gasteiger partial charge < -0.3 is 19.5 Å². The van der Waals surface area contributed by atoms with Gasteiger partial charge in [0.25, 0.3) is 0 Å². The van der Waals surface area contributed by atoms with Crippen LogP contribution in [0.5, 0.6) is 17.2 Å². The first-order chi connectivity index (χ1) is 13.7. The Morgan fingerprint density at radius 1 is 1.17 bits per heavy atom. The number of sulfonamides is 1. The zero-order valence-electron chi connectivity index (χ0n) is 16.1. The van der Waals surface area contributed by atoms with Crippen LogP contribution in [0.2, 0.25) is 5.02 Å². The Kier molecular flexibility index (Phi) is 6.09. The highest BCUT2D eigenvalue weighted by atomic mass is 35.5. The van der Waals surface area contributed by atoms with Gasteiger partial charge in [0.1, 0.15) is 25.0 Å². The minimum Gasteiger partial charge on any atom is -0.495 e. The monoisotopic (exact) mass is 440 g/mol. The van der Waals surface area contributed by atoms with Gasteiger partial charge in [-0.05, 0) is 37.3 Å². The van der Waals surface area contributed by atoms with E-state index in [0.29, 0.717) is 36.1 Å². The summed E-state index contributed by atoms with van der Waals surface area (Å²) >= 11 is 6.13. The van der Waals surface area contributed by atoms with Crippen molar-refractivity contribution in [3.8, 4) is 17.2 Å². The second-order valence-electron chi connectivity index (χ2n) is 6.40. The zero-order chi connectivity index (χ0) is 21.2. The molecule has 2 aromatic carbocycles. The van der Waals surface area contributed by atoms with E-state index < -0.39 is 22.0 Å². The average molecular weight is 441 g/mol. The molecule has 3 rings (SSSR count). The molecule has 1 heterocycles. The van der Waals surface area contributed by atoms with Crippen molar-refractivity contribution in [1.29, 1.82) is 0 Å². The maximum absolute atomic E-state index is 12.8. The van der Waals surface area contributed by atoms with E-state index in [1.54, 1.807) is 24.3 Å². The van der Waals surface area contributed by atoms with E-state index in [9.17, 15) is 13.2 Å². The van der Waals surface area contributed by atoms with Crippen LogP contribution in [-0.4, -0.2) is 46.9 Å². The molecule has 1 aliphatic heterocycles. The first-order valence-corrected chi connectivity index (χ1v) is 11.0. The molecule has 0 aliphatic carbocycles. The summed E-state index contributed by atoms with van der Waals surface area (Å²) in [5.74, 6) is 0.993. The lowest BCUT2D eigenvalue weighted by molar-refractivity contribution is -0.116. The van der Waals surface area contributed by atoms with Crippen molar-refractivity contribution in [2.24, 2.45) is 0 Å². The lowest BCUT2D eigenvalue weighted by atomic mass is 10.2. The van der Waals surface area contributed by atoms with Gasteiger partial charge in [0.2, 0.25) is 15.9 Å². The maximum Gasteiger partial charge on any atom is 0.247 e. The number of carbonyl (C=O) groups excluding carboxylic acids is 1. The fraction of sp³-hybridized carbons (Fsp3) is 0.316. The molecule has 156 valence electrons. The topological polar surface area (TPSA) is 94.2 Å². The predicted octanol–water partition coefficient (Wildman–Crippen LogP) is 2.91. The smallest absolute Gasteiger partial charge is 0.247 e. The Morgan fingerprint density at radius 2 is 1.86 bits per heavy atom. The van der Waals surface area contributed by atoms with Crippen molar-refractivity contribution in [3.05, 3.63) is 41.4 Å². The summed E-state index contributed by atoms with van der Waals surface area (Å²) in [6.07, 6.45) is 1.03. The second kappa shape index (κ2) is 8.38. The number of halogens is 1. The average Bonchev–Trinajstić information content (AvgIpc) is 2.67. The van der Waals surface area contributed by atoms with Crippen LogP contribution in [-0.2, 0) is 14.8 Å². The zero-order valence-corrected chi connectivity index (χ0v) is 17.7. The first-order valence-electron chi connectivity index (χ1n) is 8.74. The standard InChI is InChI=1S/C19H21ClN2O6S/c1-12(19(23)21-13-4-6-17-18(10-13)28-9-8-27-17)22(29(3,24)25)14-5-7-16(26-2)15(20)11-14/h4-7,10-12H,8-9H2,1-3H3,(H,21,23)/t12-/m1/s1. The number of anilines is 2. The minimum absolute atomic E-state index is 0.234. The molecule has 1 aliphatic rings. The molecule has 0 saturated carbocycles. The van der Waals surface area contributed by atoms with Crippen molar-refractivity contribution in [2.75, 3.05) is 36.2 Å². The summed E-state index contributed by atoms with van der Waals surface area (Å²) in [4.78, 5) is 12.8. The molecule has 0 unspecified atom stereocenters. The third-order valence-corrected chi connectivity index (χ3v) is 5.83. The quantitative estimate of drug-likeness (QED) is 0.742. The molecule has 0 spiro atoms. The van der Waals surface area contributed by atoms with E-state index in [0.717, 1.165) is 10.6 Å². The van der Waals surface area contributed by atoms with Crippen molar-refractivity contribution in [1.82, 2.24) is 0 Å². The van der Waals surface area contributed by atoms with E-state index in [-0.39, 0.29) is 10.7 Å². The Bertz CT molecular complexity index is 1030. The van der Waals surface area contributed by atoms with Gasteiger partial charge in [-0.1, -0.05) is 11.6 Å². The number of rotatable bonds is 6. The molecular weight excluding hydrogens is 420 g/mol. The van der Waals surface area contributed by atoms with Gasteiger partial charge >= 0.3 is 0 Å². The van der Waals surface area contributed by atoms with Crippen molar-refractivity contribution < 1.29 is 27.4 Å². The van der Waals surface area contributed by atoms with Crippen LogP contribution in [0.15, 0.2) is 36.4 Å². The Hall–Kier alpha value is -2.65. The van der Waals surface area contributed by atoms with E-state index in [4.69, 9.17) is 25.8 Å². The molecule has 1 amide bonds. The van der Waals surface area contributed by atoms with Gasteiger partial charge in [-0.25, -0.2) is 8.42 Å². The SMILES string of the molecule is COc1ccc(N([C@H](C)C(=O)Nc2ccc3c(c2)OCCO3)S(C)(=O)=O)cc1Cl. The van der Waals surface area contributed by atoms with Gasteiger partial charge in [0.05, 0.1) is 24.1 Å². The number of fused-ring (bicyclic) bond motifs is 1. The summed E-state index contributed by atoms with van der Waals surface area (Å²) < 4.78 is 41.9. The molecular formula is C19H21ClN2O6S. The molecule has 1 atom stereocenters. The molecule has 0 aromatic heterocycles. The highest BCUT2D eigenvalue weighted by Crippen LogP contribution is 2.34. The van der Waals surface area contributed by atoms with E-state index in [1.807, 2.05) is 0 Å². The number of benzene rings is 2. The van der Waals surface area contributed by atoms with Crippen LogP contribution in [0, 0.1) is 0 Å². The predicted molar refractivity (Wildman–Crippen MR) is 111 cm³/mol. The molecule has 0 bridgehead atoms. The number of methoxy groups -OCH3 is 1. The number of hydrogen-bond acceptors (Lipinski definition) is 6. The molecule has 1 N–H and O–H groups in total. The highest BCUT2D eigenvalue weighted by Gasteiger charge is 2.30. The molecule has 29 heavy (non-hydrogen) atoms. The third kappa shape index (κ3) is 4.68. The number of carbonyl (C=O) groups is 1. The normalized spacial score (nSPS) is 14.1. The molecule has 8 nitrogen and oxygen atoms in total. The van der Waals surface area contributed by atoms with Gasteiger partial charge in [-0.15, -0.1) is 0 Å².